The number of hydrogen-bond acceptors (Lipinski definition) is 6. The number of carbonyl (C=O) groups excluding carboxylic acids is 2. The Morgan fingerprint density at radius 3 is 2.10 bits per heavy atom. The van der Waals surface area contributed by atoms with E-state index in [0.717, 1.165) is 12.1 Å². The summed E-state index contributed by atoms with van der Waals surface area (Å²) >= 11 is 0. The van der Waals surface area contributed by atoms with Crippen molar-refractivity contribution in [2.45, 2.75) is 4.90 Å². The molecule has 10 heteroatoms. The quantitative estimate of drug-likeness (QED) is 0.222. The average molecular weight is 423 g/mol. The van der Waals surface area contributed by atoms with E-state index in [2.05, 4.69) is 10.6 Å². The number of anilines is 1. The summed E-state index contributed by atoms with van der Waals surface area (Å²) in [6.45, 7) is 0. The largest absolute Gasteiger partial charge is 0.691 e. The molecule has 30 heavy (non-hydrogen) atoms. The van der Waals surface area contributed by atoms with Crippen molar-refractivity contribution >= 4 is 33.1 Å². The Morgan fingerprint density at radius 1 is 0.833 bits per heavy atom. The second-order valence-electron chi connectivity index (χ2n) is 6.42. The Bertz CT molecular complexity index is 1330. The number of hydrogen-bond donors (Lipinski definition) is 2. The van der Waals surface area contributed by atoms with Gasteiger partial charge < -0.3 is 5.21 Å². The molecule has 0 atom stereocenters. The number of ketones is 2. The fourth-order valence-corrected chi connectivity index (χ4v) is 3.58. The van der Waals surface area contributed by atoms with Gasteiger partial charge in [0.15, 0.2) is 17.3 Å². The highest BCUT2D eigenvalue weighted by Crippen LogP contribution is 2.30. The maximum absolute atomic E-state index is 12.9. The topological polar surface area (TPSA) is 139 Å². The van der Waals surface area contributed by atoms with E-state index < -0.39 is 26.6 Å². The highest BCUT2D eigenvalue weighted by atomic mass is 32.2. The first kappa shape index (κ1) is 19.4. The van der Waals surface area contributed by atoms with Gasteiger partial charge in [-0.05, 0) is 48.5 Å². The van der Waals surface area contributed by atoms with Crippen LogP contribution in [0.4, 0.5) is 11.4 Å². The number of nitrogens with one attached hydrogen (secondary N) is 1. The molecule has 2 N–H and O–H groups in total. The van der Waals surface area contributed by atoms with Gasteiger partial charge in [-0.1, -0.05) is 18.2 Å². The molecule has 3 aromatic rings. The first-order chi connectivity index (χ1) is 14.3. The second-order valence-corrected chi connectivity index (χ2v) is 7.84. The fourth-order valence-electron chi connectivity index (χ4n) is 3.08. The first-order valence-electron chi connectivity index (χ1n) is 8.59. The lowest BCUT2D eigenvalue weighted by molar-refractivity contribution is -0.439. The minimum absolute atomic E-state index is 0.0253. The normalized spacial score (nSPS) is 13.6. The van der Waals surface area contributed by atoms with E-state index in [1.807, 2.05) is 0 Å². The van der Waals surface area contributed by atoms with Gasteiger partial charge in [0.05, 0.1) is 10.1 Å². The molecule has 0 bridgehead atoms. The smallest absolute Gasteiger partial charge is 0.294 e. The summed E-state index contributed by atoms with van der Waals surface area (Å²) in [6.07, 6.45) is 0. The number of para-hydroxylation sites is 1. The van der Waals surface area contributed by atoms with Crippen LogP contribution in [0, 0.1) is 5.21 Å². The van der Waals surface area contributed by atoms with E-state index in [9.17, 15) is 27.8 Å². The van der Waals surface area contributed by atoms with Crippen molar-refractivity contribution < 1.29 is 27.4 Å². The highest BCUT2D eigenvalue weighted by Gasteiger charge is 2.31. The maximum Gasteiger partial charge on any atom is 0.294 e. The molecule has 0 amide bonds. The van der Waals surface area contributed by atoms with Crippen LogP contribution < -0.4 is 5.43 Å². The highest BCUT2D eigenvalue weighted by molar-refractivity contribution is 7.85. The molecule has 0 fully saturated rings. The van der Waals surface area contributed by atoms with Crippen LogP contribution in [0.15, 0.2) is 76.8 Å². The van der Waals surface area contributed by atoms with Crippen LogP contribution in [-0.2, 0) is 10.1 Å². The fraction of sp³-hybridized carbons (Fsp3) is 0. The zero-order valence-corrected chi connectivity index (χ0v) is 16.0. The lowest BCUT2D eigenvalue weighted by atomic mass is 9.84. The number of carbonyl (C=O) groups is 2. The molecule has 1 aliphatic carbocycles. The standard InChI is InChI=1S/C20H13N3O6S/c24-19-15-8-6-12(21-22-23(26)13-4-2-1-3-5-13)10-17(15)20(25)18-11-14(30(27,28)29)7-9-16(18)19/h1-11,21H,(H,27,28,29). The van der Waals surface area contributed by atoms with E-state index >= 15 is 0 Å². The van der Waals surface area contributed by atoms with Crippen molar-refractivity contribution in [1.29, 1.82) is 0 Å². The van der Waals surface area contributed by atoms with Crippen LogP contribution >= 0.6 is 0 Å². The van der Waals surface area contributed by atoms with Crippen LogP contribution in [0.2, 0.25) is 0 Å². The van der Waals surface area contributed by atoms with Gasteiger partial charge in [-0.25, -0.2) is 0 Å². The Hall–Kier alpha value is -3.89. The summed E-state index contributed by atoms with van der Waals surface area (Å²) in [5, 5.41) is 15.7. The molecule has 0 radical (unpaired) electrons. The van der Waals surface area contributed by atoms with E-state index in [-0.39, 0.29) is 27.9 Å². The van der Waals surface area contributed by atoms with Crippen molar-refractivity contribution in [3.05, 3.63) is 94.2 Å². The van der Waals surface area contributed by atoms with Crippen LogP contribution in [0.5, 0.6) is 0 Å². The third kappa shape index (κ3) is 3.45. The van der Waals surface area contributed by atoms with Crippen molar-refractivity contribution in [2.24, 2.45) is 5.22 Å². The number of fused-ring (bicyclic) bond motifs is 2. The molecule has 0 aromatic heterocycles. The molecule has 1 aliphatic rings. The SMILES string of the molecule is O=C1c2ccc(NN=[N+]([O-])c3ccccc3)cc2C(=O)c2cc(S(=O)(=O)O)ccc21. The molecule has 0 aliphatic heterocycles. The molecule has 150 valence electrons. The molecule has 0 saturated heterocycles. The Labute approximate surface area is 170 Å². The molecule has 0 spiro atoms. The van der Waals surface area contributed by atoms with Gasteiger partial charge in [0.2, 0.25) is 0 Å². The van der Waals surface area contributed by atoms with Gasteiger partial charge in [0.1, 0.15) is 5.69 Å². The van der Waals surface area contributed by atoms with Gasteiger partial charge in [-0.15, -0.1) is 10.3 Å². The molecular weight excluding hydrogens is 410 g/mol. The van der Waals surface area contributed by atoms with Gasteiger partial charge >= 0.3 is 0 Å². The van der Waals surface area contributed by atoms with Gasteiger partial charge in [0, 0.05) is 22.3 Å². The number of rotatable bonds is 4. The minimum atomic E-state index is -4.54. The van der Waals surface area contributed by atoms with Crippen LogP contribution in [0.3, 0.4) is 0 Å². The van der Waals surface area contributed by atoms with Crippen molar-refractivity contribution in [2.75, 3.05) is 5.43 Å². The number of benzene rings is 3. The van der Waals surface area contributed by atoms with Crippen LogP contribution in [0.25, 0.3) is 0 Å². The van der Waals surface area contributed by atoms with E-state index in [1.165, 1.54) is 24.3 Å². The van der Waals surface area contributed by atoms with Gasteiger partial charge in [-0.3, -0.25) is 14.1 Å². The zero-order valence-electron chi connectivity index (χ0n) is 15.1. The van der Waals surface area contributed by atoms with Crippen molar-refractivity contribution in [1.82, 2.24) is 0 Å². The lowest BCUT2D eigenvalue weighted by Crippen LogP contribution is -2.21. The summed E-state index contributed by atoms with van der Waals surface area (Å²) in [5.41, 5.74) is 3.17. The van der Waals surface area contributed by atoms with Gasteiger partial charge in [-0.2, -0.15) is 8.42 Å². The molecule has 4 rings (SSSR count). The first-order valence-corrected chi connectivity index (χ1v) is 10.0. The molecular formula is C20H13N3O6S. The van der Waals surface area contributed by atoms with Gasteiger partial charge in [0.25, 0.3) is 10.1 Å². The van der Waals surface area contributed by atoms with Crippen molar-refractivity contribution in [3.8, 4) is 0 Å². The Kier molecular flexibility index (Phi) is 4.65. The van der Waals surface area contributed by atoms with E-state index in [4.69, 9.17) is 0 Å². The lowest BCUT2D eigenvalue weighted by Gasteiger charge is -2.18. The minimum Gasteiger partial charge on any atom is -0.691 e. The third-order valence-electron chi connectivity index (χ3n) is 4.53. The predicted molar refractivity (Wildman–Crippen MR) is 105 cm³/mol. The molecule has 3 aromatic carbocycles. The van der Waals surface area contributed by atoms with E-state index in [0.29, 0.717) is 10.5 Å². The van der Waals surface area contributed by atoms with E-state index in [1.54, 1.807) is 30.3 Å². The Morgan fingerprint density at radius 2 is 1.43 bits per heavy atom. The second kappa shape index (κ2) is 7.17. The predicted octanol–water partition coefficient (Wildman–Crippen LogP) is 3.33. The molecule has 0 unspecified atom stereocenters. The molecule has 9 nitrogen and oxygen atoms in total. The number of nitrogens with zero attached hydrogens (tertiary/aromatic N) is 2. The summed E-state index contributed by atoms with van der Waals surface area (Å²) in [5.74, 6) is -1.05. The molecule has 0 saturated carbocycles. The average Bonchev–Trinajstić information content (AvgIpc) is 2.75. The summed E-state index contributed by atoms with van der Waals surface area (Å²) in [4.78, 5) is 25.5. The monoisotopic (exact) mass is 423 g/mol. The van der Waals surface area contributed by atoms with Crippen molar-refractivity contribution in [3.63, 3.8) is 0 Å². The third-order valence-corrected chi connectivity index (χ3v) is 5.38. The van der Waals surface area contributed by atoms with Crippen LogP contribution in [0.1, 0.15) is 31.8 Å². The van der Waals surface area contributed by atoms with Crippen LogP contribution in [-0.4, -0.2) is 29.4 Å². The summed E-state index contributed by atoms with van der Waals surface area (Å²) in [6, 6.07) is 15.7. The summed E-state index contributed by atoms with van der Waals surface area (Å²) < 4.78 is 32.0. The zero-order chi connectivity index (χ0) is 21.5. The molecule has 0 heterocycles. The maximum atomic E-state index is 12.9. The summed E-state index contributed by atoms with van der Waals surface area (Å²) in [7, 11) is -4.54. The Balaban J connectivity index is 1.70.